The van der Waals surface area contributed by atoms with E-state index in [0.717, 1.165) is 24.3 Å². The third-order valence-electron chi connectivity index (χ3n) is 3.42. The zero-order chi connectivity index (χ0) is 15.4. The van der Waals surface area contributed by atoms with Gasteiger partial charge in [0.15, 0.2) is 23.3 Å². The molecule has 0 aliphatic carbocycles. The molecule has 0 radical (unpaired) electrons. The monoisotopic (exact) mass is 322 g/mol. The smallest absolute Gasteiger partial charge is 0.341 e. The Morgan fingerprint density at radius 2 is 1.81 bits per heavy atom. The van der Waals surface area contributed by atoms with E-state index < -0.39 is 34.8 Å². The zero-order valence-corrected chi connectivity index (χ0v) is 12.0. The Hall–Kier alpha value is -1.24. The number of esters is 1. The fourth-order valence-electron chi connectivity index (χ4n) is 2.15. The van der Waals surface area contributed by atoms with Crippen molar-refractivity contribution in [3.05, 3.63) is 34.9 Å². The summed E-state index contributed by atoms with van der Waals surface area (Å²) in [7, 11) is 0. The molecule has 0 atom stereocenters. The van der Waals surface area contributed by atoms with Gasteiger partial charge in [-0.1, -0.05) is 0 Å². The minimum atomic E-state index is -2.01. The Labute approximate surface area is 123 Å². The van der Waals surface area contributed by atoms with Crippen LogP contribution in [0.1, 0.15) is 29.6 Å². The molecule has 2 rings (SSSR count). The van der Waals surface area contributed by atoms with Crippen molar-refractivity contribution < 1.29 is 27.1 Å². The molecule has 0 N–H and O–H groups in total. The van der Waals surface area contributed by atoms with E-state index in [1.54, 1.807) is 0 Å². The van der Waals surface area contributed by atoms with Crippen LogP contribution in [0.2, 0.25) is 0 Å². The Balaban J connectivity index is 1.94. The number of thioether (sulfide) groups is 1. The molecule has 7 heteroatoms. The summed E-state index contributed by atoms with van der Waals surface area (Å²) in [5.74, 6) is -5.93. The van der Waals surface area contributed by atoms with E-state index in [1.807, 2.05) is 11.8 Å². The molecule has 1 aliphatic rings. The second kappa shape index (κ2) is 7.15. The Kier molecular flexibility index (Phi) is 5.50. The van der Waals surface area contributed by atoms with E-state index in [0.29, 0.717) is 18.4 Å². The van der Waals surface area contributed by atoms with E-state index in [9.17, 15) is 22.4 Å². The fourth-order valence-corrected chi connectivity index (χ4v) is 3.36. The number of hydrogen-bond donors (Lipinski definition) is 0. The number of carbonyl (C=O) groups is 1. The fraction of sp³-hybridized carbons (Fsp3) is 0.500. The normalized spacial score (nSPS) is 16.0. The number of rotatable bonds is 4. The molecule has 1 aliphatic heterocycles. The van der Waals surface area contributed by atoms with E-state index in [4.69, 9.17) is 4.74 Å². The Morgan fingerprint density at radius 1 is 1.14 bits per heavy atom. The van der Waals surface area contributed by atoms with Gasteiger partial charge in [0.05, 0.1) is 6.61 Å². The lowest BCUT2D eigenvalue weighted by Gasteiger charge is -2.20. The van der Waals surface area contributed by atoms with Gasteiger partial charge in [0.25, 0.3) is 0 Å². The molecular weight excluding hydrogens is 308 g/mol. The van der Waals surface area contributed by atoms with E-state index >= 15 is 0 Å². The van der Waals surface area contributed by atoms with E-state index in [2.05, 4.69) is 0 Å². The summed E-state index contributed by atoms with van der Waals surface area (Å²) < 4.78 is 57.0. The molecule has 1 heterocycles. The molecule has 0 aromatic heterocycles. The zero-order valence-electron chi connectivity index (χ0n) is 11.1. The first-order valence-corrected chi connectivity index (χ1v) is 7.74. The van der Waals surface area contributed by atoms with Crippen LogP contribution in [0.25, 0.3) is 0 Å². The maximum Gasteiger partial charge on any atom is 0.341 e. The van der Waals surface area contributed by atoms with Crippen molar-refractivity contribution in [3.63, 3.8) is 0 Å². The quantitative estimate of drug-likeness (QED) is 0.364. The predicted octanol–water partition coefficient (Wildman–Crippen LogP) is 3.93. The molecule has 0 amide bonds. The first-order chi connectivity index (χ1) is 10.0. The van der Waals surface area contributed by atoms with E-state index in [1.165, 1.54) is 0 Å². The number of hydrogen-bond acceptors (Lipinski definition) is 3. The van der Waals surface area contributed by atoms with E-state index in [-0.39, 0.29) is 6.61 Å². The van der Waals surface area contributed by atoms with Crippen molar-refractivity contribution in [1.82, 2.24) is 0 Å². The van der Waals surface area contributed by atoms with Crippen molar-refractivity contribution in [3.8, 4) is 0 Å². The van der Waals surface area contributed by atoms with Crippen LogP contribution in [0, 0.1) is 29.2 Å². The second-order valence-electron chi connectivity index (χ2n) is 4.83. The predicted molar refractivity (Wildman–Crippen MR) is 71.2 cm³/mol. The van der Waals surface area contributed by atoms with Gasteiger partial charge < -0.3 is 4.74 Å². The van der Waals surface area contributed by atoms with Crippen molar-refractivity contribution in [2.75, 3.05) is 18.1 Å². The summed E-state index contributed by atoms with van der Waals surface area (Å²) in [6.45, 7) is 0.0498. The lowest BCUT2D eigenvalue weighted by atomic mass is 10.00. The van der Waals surface area contributed by atoms with Crippen molar-refractivity contribution in [1.29, 1.82) is 0 Å². The van der Waals surface area contributed by atoms with Gasteiger partial charge in [-0.2, -0.15) is 11.8 Å². The second-order valence-corrected chi connectivity index (χ2v) is 6.05. The van der Waals surface area contributed by atoms with Gasteiger partial charge in [0.1, 0.15) is 5.56 Å². The molecule has 0 spiro atoms. The summed E-state index contributed by atoms with van der Waals surface area (Å²) in [6.07, 6.45) is 2.67. The molecule has 0 unspecified atom stereocenters. The van der Waals surface area contributed by atoms with Crippen LogP contribution in [-0.4, -0.2) is 24.1 Å². The Morgan fingerprint density at radius 3 is 2.48 bits per heavy atom. The highest BCUT2D eigenvalue weighted by Gasteiger charge is 2.24. The molecule has 0 bridgehead atoms. The summed E-state index contributed by atoms with van der Waals surface area (Å²) in [4.78, 5) is 11.6. The maximum absolute atomic E-state index is 13.4. The number of benzene rings is 1. The first kappa shape index (κ1) is 16.1. The molecule has 1 saturated heterocycles. The average molecular weight is 322 g/mol. The molecule has 1 fully saturated rings. The highest BCUT2D eigenvalue weighted by Crippen LogP contribution is 2.25. The molecule has 1 aromatic carbocycles. The lowest BCUT2D eigenvalue weighted by Crippen LogP contribution is -2.16. The summed E-state index contributed by atoms with van der Waals surface area (Å²) in [5.41, 5.74) is -0.925. The average Bonchev–Trinajstić information content (AvgIpc) is 2.49. The first-order valence-electron chi connectivity index (χ1n) is 6.58. The van der Waals surface area contributed by atoms with Crippen LogP contribution in [0.15, 0.2) is 6.07 Å². The van der Waals surface area contributed by atoms with Gasteiger partial charge in [-0.3, -0.25) is 0 Å². The van der Waals surface area contributed by atoms with Gasteiger partial charge in [0.2, 0.25) is 0 Å². The summed E-state index contributed by atoms with van der Waals surface area (Å²) in [6, 6.07) is 0.313. The van der Waals surface area contributed by atoms with Gasteiger partial charge >= 0.3 is 5.97 Å². The molecule has 116 valence electrons. The van der Waals surface area contributed by atoms with Crippen molar-refractivity contribution >= 4 is 17.7 Å². The van der Waals surface area contributed by atoms with Gasteiger partial charge in [0, 0.05) is 0 Å². The minimum Gasteiger partial charge on any atom is -0.462 e. The van der Waals surface area contributed by atoms with Crippen LogP contribution >= 0.6 is 11.8 Å². The number of carbonyl (C=O) groups excluding carboxylic acids is 1. The summed E-state index contributed by atoms with van der Waals surface area (Å²) >= 11 is 1.87. The molecule has 0 saturated carbocycles. The molecular formula is C14H14F4O2S. The van der Waals surface area contributed by atoms with Gasteiger partial charge in [-0.05, 0) is 42.8 Å². The maximum atomic E-state index is 13.4. The van der Waals surface area contributed by atoms with Crippen LogP contribution in [0.4, 0.5) is 17.6 Å². The largest absolute Gasteiger partial charge is 0.462 e. The van der Waals surface area contributed by atoms with Crippen molar-refractivity contribution in [2.45, 2.75) is 19.3 Å². The van der Waals surface area contributed by atoms with Crippen molar-refractivity contribution in [2.24, 2.45) is 5.92 Å². The SMILES string of the molecule is O=C(OCCC1CCSCC1)c1cc(F)c(F)c(F)c1F. The molecule has 1 aromatic rings. The third kappa shape index (κ3) is 3.90. The summed E-state index contributed by atoms with van der Waals surface area (Å²) in [5, 5.41) is 0. The number of ether oxygens (including phenoxy) is 1. The lowest BCUT2D eigenvalue weighted by molar-refractivity contribution is 0.0473. The van der Waals surface area contributed by atoms with Gasteiger partial charge in [-0.15, -0.1) is 0 Å². The highest BCUT2D eigenvalue weighted by molar-refractivity contribution is 7.99. The van der Waals surface area contributed by atoms with Crippen LogP contribution in [-0.2, 0) is 4.74 Å². The minimum absolute atomic E-state index is 0.0498. The van der Waals surface area contributed by atoms with Crippen LogP contribution in [0.3, 0.4) is 0 Å². The standard InChI is InChI=1S/C14H14F4O2S/c15-10-7-9(11(16)13(18)12(10)17)14(19)20-4-1-8-2-5-21-6-3-8/h7-8H,1-6H2. The van der Waals surface area contributed by atoms with Gasteiger partial charge in [-0.25, -0.2) is 22.4 Å². The molecule has 21 heavy (non-hydrogen) atoms. The third-order valence-corrected chi connectivity index (χ3v) is 4.47. The Bertz CT molecular complexity index is 530. The van der Waals surface area contributed by atoms with Crippen LogP contribution < -0.4 is 0 Å². The topological polar surface area (TPSA) is 26.3 Å². The van der Waals surface area contributed by atoms with Crippen LogP contribution in [0.5, 0.6) is 0 Å². The molecule has 2 nitrogen and oxygen atoms in total. The highest BCUT2D eigenvalue weighted by atomic mass is 32.2. The number of halogens is 4.